The van der Waals surface area contributed by atoms with Gasteiger partial charge in [-0.3, -0.25) is 0 Å². The number of hydrogen-bond acceptors (Lipinski definition) is 5. The van der Waals surface area contributed by atoms with Crippen molar-refractivity contribution in [1.29, 1.82) is 0 Å². The Labute approximate surface area is 117 Å². The fraction of sp³-hybridized carbons (Fsp3) is 0.429. The SMILES string of the molecule is CCCNc1ncc(F)c(N(C)Cc2ccc(C)o2)n1. The van der Waals surface area contributed by atoms with E-state index in [9.17, 15) is 4.39 Å². The lowest BCUT2D eigenvalue weighted by Gasteiger charge is -2.18. The van der Waals surface area contributed by atoms with Crippen LogP contribution in [0.1, 0.15) is 24.9 Å². The zero-order valence-corrected chi connectivity index (χ0v) is 12.0. The summed E-state index contributed by atoms with van der Waals surface area (Å²) in [5, 5.41) is 3.05. The van der Waals surface area contributed by atoms with E-state index >= 15 is 0 Å². The van der Waals surface area contributed by atoms with E-state index < -0.39 is 5.82 Å². The van der Waals surface area contributed by atoms with Gasteiger partial charge in [-0.1, -0.05) is 6.92 Å². The smallest absolute Gasteiger partial charge is 0.224 e. The van der Waals surface area contributed by atoms with Gasteiger partial charge in [0.15, 0.2) is 11.6 Å². The summed E-state index contributed by atoms with van der Waals surface area (Å²) in [6.45, 7) is 5.13. The van der Waals surface area contributed by atoms with E-state index in [0.717, 1.165) is 24.5 Å². The van der Waals surface area contributed by atoms with Gasteiger partial charge >= 0.3 is 0 Å². The van der Waals surface area contributed by atoms with Crippen molar-refractivity contribution in [3.05, 3.63) is 35.7 Å². The normalized spacial score (nSPS) is 10.6. The lowest BCUT2D eigenvalue weighted by atomic mass is 10.4. The first kappa shape index (κ1) is 14.3. The number of anilines is 2. The van der Waals surface area contributed by atoms with E-state index in [2.05, 4.69) is 15.3 Å². The van der Waals surface area contributed by atoms with Gasteiger partial charge in [0, 0.05) is 13.6 Å². The van der Waals surface area contributed by atoms with Crippen LogP contribution in [0.3, 0.4) is 0 Å². The largest absolute Gasteiger partial charge is 0.464 e. The molecule has 0 aliphatic carbocycles. The summed E-state index contributed by atoms with van der Waals surface area (Å²) in [4.78, 5) is 9.82. The lowest BCUT2D eigenvalue weighted by Crippen LogP contribution is -2.20. The van der Waals surface area contributed by atoms with E-state index in [4.69, 9.17) is 4.42 Å². The molecule has 0 amide bonds. The molecule has 0 radical (unpaired) electrons. The van der Waals surface area contributed by atoms with Gasteiger partial charge < -0.3 is 14.6 Å². The number of nitrogens with one attached hydrogen (secondary N) is 1. The molecule has 0 aliphatic rings. The number of halogens is 1. The van der Waals surface area contributed by atoms with Crippen LogP contribution in [0.5, 0.6) is 0 Å². The van der Waals surface area contributed by atoms with Gasteiger partial charge in [0.05, 0.1) is 12.7 Å². The molecule has 2 heterocycles. The summed E-state index contributed by atoms with van der Waals surface area (Å²) < 4.78 is 19.3. The van der Waals surface area contributed by atoms with E-state index in [-0.39, 0.29) is 5.82 Å². The maximum atomic E-state index is 13.8. The molecule has 0 aliphatic heterocycles. The van der Waals surface area contributed by atoms with Gasteiger partial charge in [-0.25, -0.2) is 9.37 Å². The van der Waals surface area contributed by atoms with E-state index in [0.29, 0.717) is 12.5 Å². The minimum Gasteiger partial charge on any atom is -0.464 e. The molecule has 0 saturated heterocycles. The molecule has 20 heavy (non-hydrogen) atoms. The summed E-state index contributed by atoms with van der Waals surface area (Å²) in [5.74, 6) is 1.85. The fourth-order valence-corrected chi connectivity index (χ4v) is 1.83. The molecule has 0 atom stereocenters. The van der Waals surface area contributed by atoms with Crippen molar-refractivity contribution in [3.8, 4) is 0 Å². The Morgan fingerprint density at radius 2 is 2.20 bits per heavy atom. The summed E-state index contributed by atoms with van der Waals surface area (Å²) in [6.07, 6.45) is 2.14. The minimum atomic E-state index is -0.446. The predicted octanol–water partition coefficient (Wildman–Crippen LogP) is 2.98. The van der Waals surface area contributed by atoms with Crippen molar-refractivity contribution in [1.82, 2.24) is 9.97 Å². The molecule has 0 bridgehead atoms. The predicted molar refractivity (Wildman–Crippen MR) is 76.3 cm³/mol. The summed E-state index contributed by atoms with van der Waals surface area (Å²) in [5.41, 5.74) is 0. The Kier molecular flexibility index (Phi) is 4.55. The molecular formula is C14H19FN4O. The van der Waals surface area contributed by atoms with Gasteiger partial charge in [-0.15, -0.1) is 0 Å². The zero-order valence-electron chi connectivity index (χ0n) is 12.0. The van der Waals surface area contributed by atoms with Gasteiger partial charge in [0.2, 0.25) is 5.95 Å². The molecule has 0 unspecified atom stereocenters. The number of aryl methyl sites for hydroxylation is 1. The molecule has 0 spiro atoms. The second-order valence-corrected chi connectivity index (χ2v) is 4.66. The molecule has 2 aromatic rings. The van der Waals surface area contributed by atoms with Crippen molar-refractivity contribution in [3.63, 3.8) is 0 Å². The second-order valence-electron chi connectivity index (χ2n) is 4.66. The highest BCUT2D eigenvalue weighted by Crippen LogP contribution is 2.19. The highest BCUT2D eigenvalue weighted by molar-refractivity contribution is 5.43. The molecule has 2 aromatic heterocycles. The van der Waals surface area contributed by atoms with Crippen LogP contribution < -0.4 is 10.2 Å². The monoisotopic (exact) mass is 278 g/mol. The number of rotatable bonds is 6. The Bertz CT molecular complexity index is 570. The quantitative estimate of drug-likeness (QED) is 0.880. The number of furan rings is 1. The Morgan fingerprint density at radius 3 is 2.85 bits per heavy atom. The van der Waals surface area contributed by atoms with Gasteiger partial charge in [-0.2, -0.15) is 4.98 Å². The number of hydrogen-bond donors (Lipinski definition) is 1. The molecular weight excluding hydrogens is 259 g/mol. The first-order valence-electron chi connectivity index (χ1n) is 6.63. The zero-order chi connectivity index (χ0) is 14.5. The molecule has 2 rings (SSSR count). The van der Waals surface area contributed by atoms with Crippen LogP contribution in [0.4, 0.5) is 16.2 Å². The van der Waals surface area contributed by atoms with Crippen molar-refractivity contribution in [2.75, 3.05) is 23.8 Å². The third kappa shape index (κ3) is 3.46. The van der Waals surface area contributed by atoms with Crippen LogP contribution in [-0.2, 0) is 6.54 Å². The van der Waals surface area contributed by atoms with Crippen molar-refractivity contribution in [2.24, 2.45) is 0 Å². The molecule has 0 aromatic carbocycles. The van der Waals surface area contributed by atoms with E-state index in [1.54, 1.807) is 11.9 Å². The first-order chi connectivity index (χ1) is 9.60. The van der Waals surface area contributed by atoms with Crippen LogP contribution in [0.15, 0.2) is 22.7 Å². The summed E-state index contributed by atoms with van der Waals surface area (Å²) >= 11 is 0. The van der Waals surface area contributed by atoms with E-state index in [1.165, 1.54) is 6.20 Å². The highest BCUT2D eigenvalue weighted by Gasteiger charge is 2.13. The Morgan fingerprint density at radius 1 is 1.40 bits per heavy atom. The van der Waals surface area contributed by atoms with Gasteiger partial charge in [0.1, 0.15) is 11.5 Å². The minimum absolute atomic E-state index is 0.257. The third-order valence-corrected chi connectivity index (χ3v) is 2.81. The van der Waals surface area contributed by atoms with Crippen LogP contribution in [0.2, 0.25) is 0 Å². The lowest BCUT2D eigenvalue weighted by molar-refractivity contribution is 0.479. The molecule has 108 valence electrons. The Balaban J connectivity index is 2.13. The topological polar surface area (TPSA) is 54.2 Å². The van der Waals surface area contributed by atoms with Gasteiger partial charge in [-0.05, 0) is 25.5 Å². The van der Waals surface area contributed by atoms with Crippen molar-refractivity contribution >= 4 is 11.8 Å². The molecule has 0 saturated carbocycles. The molecule has 6 heteroatoms. The summed E-state index contributed by atoms with van der Waals surface area (Å²) in [7, 11) is 1.77. The highest BCUT2D eigenvalue weighted by atomic mass is 19.1. The van der Waals surface area contributed by atoms with Gasteiger partial charge in [0.25, 0.3) is 0 Å². The molecule has 0 fully saturated rings. The standard InChI is InChI=1S/C14H19FN4O/c1-4-7-16-14-17-8-12(15)13(18-14)19(3)9-11-6-5-10(2)20-11/h5-6,8H,4,7,9H2,1-3H3,(H,16,17,18). The second kappa shape index (κ2) is 6.36. The molecule has 1 N–H and O–H groups in total. The van der Waals surface area contributed by atoms with Crippen molar-refractivity contribution < 1.29 is 8.81 Å². The third-order valence-electron chi connectivity index (χ3n) is 2.81. The van der Waals surface area contributed by atoms with Crippen LogP contribution >= 0.6 is 0 Å². The first-order valence-corrected chi connectivity index (χ1v) is 6.63. The fourth-order valence-electron chi connectivity index (χ4n) is 1.83. The Hall–Kier alpha value is -2.11. The van der Waals surface area contributed by atoms with Crippen molar-refractivity contribution in [2.45, 2.75) is 26.8 Å². The van der Waals surface area contributed by atoms with Crippen LogP contribution in [0.25, 0.3) is 0 Å². The van der Waals surface area contributed by atoms with E-state index in [1.807, 2.05) is 26.0 Å². The summed E-state index contributed by atoms with van der Waals surface area (Å²) in [6, 6.07) is 3.76. The average molecular weight is 278 g/mol. The van der Waals surface area contributed by atoms with Crippen LogP contribution in [-0.4, -0.2) is 23.6 Å². The average Bonchev–Trinajstić information content (AvgIpc) is 2.83. The maximum absolute atomic E-state index is 13.8. The maximum Gasteiger partial charge on any atom is 0.224 e. The molecule has 5 nitrogen and oxygen atoms in total. The number of aromatic nitrogens is 2. The number of nitrogens with zero attached hydrogens (tertiary/aromatic N) is 3. The van der Waals surface area contributed by atoms with Crippen LogP contribution in [0, 0.1) is 12.7 Å².